The fraction of sp³-hybridized carbons (Fsp3) is 0.231. The van der Waals surface area contributed by atoms with Crippen LogP contribution in [0.25, 0.3) is 0 Å². The van der Waals surface area contributed by atoms with Crippen molar-refractivity contribution in [1.29, 1.82) is 0 Å². The van der Waals surface area contributed by atoms with E-state index in [-0.39, 0.29) is 11.5 Å². The van der Waals surface area contributed by atoms with Gasteiger partial charge in [-0.05, 0) is 24.5 Å². The van der Waals surface area contributed by atoms with Gasteiger partial charge in [-0.15, -0.1) is 0 Å². The zero-order valence-corrected chi connectivity index (χ0v) is 9.93. The second-order valence-electron chi connectivity index (χ2n) is 4.05. The lowest BCUT2D eigenvalue weighted by Crippen LogP contribution is -2.07. The Balaban J connectivity index is 2.18. The SMILES string of the molecule is Cn1cnc(C(=O)O)c1CCc1ccccc1F. The van der Waals surface area contributed by atoms with E-state index in [1.54, 1.807) is 29.8 Å². The summed E-state index contributed by atoms with van der Waals surface area (Å²) >= 11 is 0. The number of benzene rings is 1. The minimum atomic E-state index is -1.06. The maximum absolute atomic E-state index is 13.4. The van der Waals surface area contributed by atoms with Crippen LogP contribution in [-0.2, 0) is 19.9 Å². The number of carbonyl (C=O) groups is 1. The van der Waals surface area contributed by atoms with Crippen molar-refractivity contribution < 1.29 is 14.3 Å². The molecule has 0 aliphatic rings. The van der Waals surface area contributed by atoms with Gasteiger partial charge < -0.3 is 9.67 Å². The van der Waals surface area contributed by atoms with E-state index in [0.717, 1.165) is 0 Å². The van der Waals surface area contributed by atoms with Crippen molar-refractivity contribution in [3.8, 4) is 0 Å². The molecule has 2 aromatic rings. The second kappa shape index (κ2) is 5.00. The fourth-order valence-corrected chi connectivity index (χ4v) is 1.88. The Bertz CT molecular complexity index is 578. The molecule has 5 heteroatoms. The molecule has 1 heterocycles. The monoisotopic (exact) mass is 248 g/mol. The first-order valence-electron chi connectivity index (χ1n) is 5.56. The third kappa shape index (κ3) is 2.40. The number of halogens is 1. The molecule has 0 aliphatic carbocycles. The number of aromatic nitrogens is 2. The standard InChI is InChI=1S/C13H13FN2O2/c1-16-8-15-12(13(17)18)11(16)7-6-9-4-2-3-5-10(9)14/h2-5,8H,6-7H2,1H3,(H,17,18). The molecule has 0 fully saturated rings. The summed E-state index contributed by atoms with van der Waals surface area (Å²) in [6.07, 6.45) is 2.35. The molecule has 94 valence electrons. The van der Waals surface area contributed by atoms with Gasteiger partial charge in [0.25, 0.3) is 0 Å². The highest BCUT2D eigenvalue weighted by Crippen LogP contribution is 2.13. The summed E-state index contributed by atoms with van der Waals surface area (Å²) in [7, 11) is 1.73. The quantitative estimate of drug-likeness (QED) is 0.900. The van der Waals surface area contributed by atoms with Gasteiger partial charge in [-0.25, -0.2) is 14.2 Å². The molecule has 4 nitrogen and oxygen atoms in total. The first-order valence-corrected chi connectivity index (χ1v) is 5.56. The molecule has 0 saturated heterocycles. The van der Waals surface area contributed by atoms with Gasteiger partial charge in [-0.1, -0.05) is 18.2 Å². The van der Waals surface area contributed by atoms with Gasteiger partial charge in [-0.3, -0.25) is 0 Å². The molecule has 0 saturated carbocycles. The molecule has 0 radical (unpaired) electrons. The maximum atomic E-state index is 13.4. The highest BCUT2D eigenvalue weighted by Gasteiger charge is 2.15. The Labute approximate surface area is 104 Å². The average molecular weight is 248 g/mol. The van der Waals surface area contributed by atoms with Gasteiger partial charge in [0, 0.05) is 7.05 Å². The lowest BCUT2D eigenvalue weighted by atomic mass is 10.1. The van der Waals surface area contributed by atoms with Crippen LogP contribution in [0.15, 0.2) is 30.6 Å². The Hall–Kier alpha value is -2.17. The first kappa shape index (κ1) is 12.3. The summed E-state index contributed by atoms with van der Waals surface area (Å²) in [5.74, 6) is -1.32. The topological polar surface area (TPSA) is 55.1 Å². The smallest absolute Gasteiger partial charge is 0.356 e. The number of hydrogen-bond acceptors (Lipinski definition) is 2. The van der Waals surface area contributed by atoms with Gasteiger partial charge in [-0.2, -0.15) is 0 Å². The number of aromatic carboxylic acids is 1. The van der Waals surface area contributed by atoms with E-state index < -0.39 is 5.97 Å². The Morgan fingerprint density at radius 1 is 1.39 bits per heavy atom. The van der Waals surface area contributed by atoms with E-state index in [1.807, 2.05) is 0 Å². The van der Waals surface area contributed by atoms with Crippen LogP contribution in [-0.4, -0.2) is 20.6 Å². The number of hydrogen-bond donors (Lipinski definition) is 1. The predicted octanol–water partition coefficient (Wildman–Crippen LogP) is 2.04. The first-order chi connectivity index (χ1) is 8.59. The van der Waals surface area contributed by atoms with Crippen molar-refractivity contribution in [2.24, 2.45) is 7.05 Å². The van der Waals surface area contributed by atoms with Crippen LogP contribution in [0.5, 0.6) is 0 Å². The van der Waals surface area contributed by atoms with Crippen LogP contribution in [0.2, 0.25) is 0 Å². The van der Waals surface area contributed by atoms with Gasteiger partial charge >= 0.3 is 5.97 Å². The molecule has 2 rings (SSSR count). The number of carboxylic acid groups (broad SMARTS) is 1. The van der Waals surface area contributed by atoms with Crippen LogP contribution in [0.3, 0.4) is 0 Å². The van der Waals surface area contributed by atoms with Crippen LogP contribution in [0.4, 0.5) is 4.39 Å². The molecular formula is C13H13FN2O2. The highest BCUT2D eigenvalue weighted by molar-refractivity contribution is 5.86. The fourth-order valence-electron chi connectivity index (χ4n) is 1.88. The molecule has 0 unspecified atom stereocenters. The second-order valence-corrected chi connectivity index (χ2v) is 4.05. The molecule has 1 aromatic heterocycles. The Kier molecular flexibility index (Phi) is 3.41. The molecule has 0 amide bonds. The minimum absolute atomic E-state index is 0.0360. The molecule has 18 heavy (non-hydrogen) atoms. The zero-order chi connectivity index (χ0) is 13.1. The van der Waals surface area contributed by atoms with Crippen molar-refractivity contribution >= 4 is 5.97 Å². The number of imidazole rings is 1. The number of aryl methyl sites for hydroxylation is 2. The van der Waals surface area contributed by atoms with Crippen molar-refractivity contribution in [3.05, 3.63) is 53.4 Å². The van der Waals surface area contributed by atoms with Gasteiger partial charge in [0.15, 0.2) is 5.69 Å². The summed E-state index contributed by atoms with van der Waals surface area (Å²) in [4.78, 5) is 14.8. The van der Waals surface area contributed by atoms with Crippen LogP contribution in [0.1, 0.15) is 21.7 Å². The van der Waals surface area contributed by atoms with Gasteiger partial charge in [0.05, 0.1) is 12.0 Å². The molecule has 1 aromatic carbocycles. The van der Waals surface area contributed by atoms with Crippen LogP contribution >= 0.6 is 0 Å². The van der Waals surface area contributed by atoms with Crippen molar-refractivity contribution in [2.75, 3.05) is 0 Å². The third-order valence-electron chi connectivity index (χ3n) is 2.85. The highest BCUT2D eigenvalue weighted by atomic mass is 19.1. The summed E-state index contributed by atoms with van der Waals surface area (Å²) in [5, 5.41) is 8.98. The lowest BCUT2D eigenvalue weighted by molar-refractivity contribution is 0.0689. The Morgan fingerprint density at radius 2 is 2.11 bits per heavy atom. The van der Waals surface area contributed by atoms with Crippen molar-refractivity contribution in [2.45, 2.75) is 12.8 Å². The number of carboxylic acids is 1. The van der Waals surface area contributed by atoms with E-state index in [4.69, 9.17) is 5.11 Å². The third-order valence-corrected chi connectivity index (χ3v) is 2.85. The van der Waals surface area contributed by atoms with Crippen molar-refractivity contribution in [1.82, 2.24) is 9.55 Å². The maximum Gasteiger partial charge on any atom is 0.356 e. The van der Waals surface area contributed by atoms with E-state index in [0.29, 0.717) is 24.1 Å². The average Bonchev–Trinajstić information content (AvgIpc) is 2.70. The normalized spacial score (nSPS) is 10.6. The number of nitrogens with zero attached hydrogens (tertiary/aromatic N) is 2. The van der Waals surface area contributed by atoms with Gasteiger partial charge in [0.1, 0.15) is 5.82 Å². The largest absolute Gasteiger partial charge is 0.476 e. The molecule has 0 atom stereocenters. The van der Waals surface area contributed by atoms with E-state index in [1.165, 1.54) is 12.4 Å². The van der Waals surface area contributed by atoms with Gasteiger partial charge in [0.2, 0.25) is 0 Å². The van der Waals surface area contributed by atoms with E-state index in [9.17, 15) is 9.18 Å². The van der Waals surface area contributed by atoms with Crippen molar-refractivity contribution in [3.63, 3.8) is 0 Å². The Morgan fingerprint density at radius 3 is 2.78 bits per heavy atom. The lowest BCUT2D eigenvalue weighted by Gasteiger charge is -2.05. The minimum Gasteiger partial charge on any atom is -0.476 e. The summed E-state index contributed by atoms with van der Waals surface area (Å²) in [5.41, 5.74) is 1.22. The summed E-state index contributed by atoms with van der Waals surface area (Å²) in [6, 6.07) is 6.49. The molecule has 0 spiro atoms. The van der Waals surface area contributed by atoms with Crippen LogP contribution < -0.4 is 0 Å². The summed E-state index contributed by atoms with van der Waals surface area (Å²) < 4.78 is 15.1. The number of rotatable bonds is 4. The summed E-state index contributed by atoms with van der Waals surface area (Å²) in [6.45, 7) is 0. The predicted molar refractivity (Wildman–Crippen MR) is 64.0 cm³/mol. The zero-order valence-electron chi connectivity index (χ0n) is 9.93. The van der Waals surface area contributed by atoms with Crippen LogP contribution in [0, 0.1) is 5.82 Å². The molecule has 0 aliphatic heterocycles. The molecule has 1 N–H and O–H groups in total. The molecular weight excluding hydrogens is 235 g/mol. The van der Waals surface area contributed by atoms with E-state index in [2.05, 4.69) is 4.98 Å². The molecule has 0 bridgehead atoms. The van der Waals surface area contributed by atoms with E-state index >= 15 is 0 Å².